The highest BCUT2D eigenvalue weighted by molar-refractivity contribution is 5.35. The first-order valence-corrected chi connectivity index (χ1v) is 8.55. The van der Waals surface area contributed by atoms with Crippen molar-refractivity contribution in [1.29, 1.82) is 0 Å². The van der Waals surface area contributed by atoms with Crippen LogP contribution in [0.3, 0.4) is 0 Å². The van der Waals surface area contributed by atoms with Crippen molar-refractivity contribution < 1.29 is 9.47 Å². The van der Waals surface area contributed by atoms with Gasteiger partial charge in [-0.15, -0.1) is 0 Å². The molecule has 23 heavy (non-hydrogen) atoms. The van der Waals surface area contributed by atoms with Crippen LogP contribution in [0.25, 0.3) is 0 Å². The van der Waals surface area contributed by atoms with E-state index in [4.69, 9.17) is 9.47 Å². The molecule has 3 heteroatoms. The number of hydrogen-bond donors (Lipinski definition) is 0. The van der Waals surface area contributed by atoms with Crippen LogP contribution in [0.5, 0.6) is 17.2 Å². The highest BCUT2D eigenvalue weighted by Gasteiger charge is 2.34. The monoisotopic (exact) mass is 309 g/mol. The molecule has 120 valence electrons. The van der Waals surface area contributed by atoms with Crippen LogP contribution in [0.2, 0.25) is 0 Å². The second-order valence-corrected chi connectivity index (χ2v) is 6.60. The van der Waals surface area contributed by atoms with Crippen LogP contribution in [0.4, 0.5) is 0 Å². The fourth-order valence-electron chi connectivity index (χ4n) is 3.71. The summed E-state index contributed by atoms with van der Waals surface area (Å²) in [5.74, 6) is 4.18. The highest BCUT2D eigenvalue weighted by atomic mass is 16.5. The zero-order valence-electron chi connectivity index (χ0n) is 13.4. The zero-order chi connectivity index (χ0) is 15.5. The lowest BCUT2D eigenvalue weighted by molar-refractivity contribution is 0.0257. The minimum atomic E-state index is 0.692. The van der Waals surface area contributed by atoms with Crippen LogP contribution < -0.4 is 9.47 Å². The summed E-state index contributed by atoms with van der Waals surface area (Å²) in [4.78, 5) is 2.57. The predicted molar refractivity (Wildman–Crippen MR) is 91.1 cm³/mol. The molecule has 1 unspecified atom stereocenters. The second kappa shape index (κ2) is 6.63. The van der Waals surface area contributed by atoms with Gasteiger partial charge in [-0.05, 0) is 68.2 Å². The van der Waals surface area contributed by atoms with E-state index in [1.54, 1.807) is 0 Å². The summed E-state index contributed by atoms with van der Waals surface area (Å²) in [5, 5.41) is 0. The SMILES string of the molecule is c1ccc(Oc2ccc(OCC3CN4CCC3CC4)cc2)cc1. The quantitative estimate of drug-likeness (QED) is 0.826. The smallest absolute Gasteiger partial charge is 0.127 e. The molecular weight excluding hydrogens is 286 g/mol. The van der Waals surface area contributed by atoms with Gasteiger partial charge in [-0.1, -0.05) is 18.2 Å². The van der Waals surface area contributed by atoms with Crippen molar-refractivity contribution in [2.75, 3.05) is 26.2 Å². The predicted octanol–water partition coefficient (Wildman–Crippen LogP) is 4.20. The Morgan fingerprint density at radius 1 is 0.826 bits per heavy atom. The van der Waals surface area contributed by atoms with Gasteiger partial charge in [-0.2, -0.15) is 0 Å². The van der Waals surface area contributed by atoms with Gasteiger partial charge >= 0.3 is 0 Å². The molecule has 0 spiro atoms. The number of para-hydroxylation sites is 1. The number of hydrogen-bond acceptors (Lipinski definition) is 3. The van der Waals surface area contributed by atoms with Gasteiger partial charge < -0.3 is 14.4 Å². The van der Waals surface area contributed by atoms with E-state index < -0.39 is 0 Å². The first-order valence-electron chi connectivity index (χ1n) is 8.55. The molecule has 1 atom stereocenters. The molecule has 2 aromatic rings. The zero-order valence-corrected chi connectivity index (χ0v) is 13.4. The average molecular weight is 309 g/mol. The van der Waals surface area contributed by atoms with Gasteiger partial charge in [0.2, 0.25) is 0 Å². The van der Waals surface area contributed by atoms with Crippen molar-refractivity contribution in [2.45, 2.75) is 12.8 Å². The average Bonchev–Trinajstić information content (AvgIpc) is 2.63. The second-order valence-electron chi connectivity index (χ2n) is 6.60. The summed E-state index contributed by atoms with van der Waals surface area (Å²) in [5.41, 5.74) is 0. The third-order valence-electron chi connectivity index (χ3n) is 5.06. The highest BCUT2D eigenvalue weighted by Crippen LogP contribution is 2.33. The molecule has 3 nitrogen and oxygen atoms in total. The van der Waals surface area contributed by atoms with Crippen LogP contribution in [0.1, 0.15) is 12.8 Å². The molecule has 2 bridgehead atoms. The summed E-state index contributed by atoms with van der Waals surface area (Å²) < 4.78 is 11.8. The summed E-state index contributed by atoms with van der Waals surface area (Å²) in [6.45, 7) is 4.61. The molecule has 3 aliphatic rings. The molecule has 0 aliphatic carbocycles. The normalized spacial score (nSPS) is 26.0. The molecule has 3 saturated heterocycles. The first kappa shape index (κ1) is 14.6. The molecule has 3 fully saturated rings. The fourth-order valence-corrected chi connectivity index (χ4v) is 3.71. The molecule has 0 saturated carbocycles. The molecule has 0 amide bonds. The largest absolute Gasteiger partial charge is 0.493 e. The van der Waals surface area contributed by atoms with Gasteiger partial charge in [-0.3, -0.25) is 0 Å². The lowest BCUT2D eigenvalue weighted by Crippen LogP contribution is -2.49. The van der Waals surface area contributed by atoms with E-state index in [9.17, 15) is 0 Å². The molecule has 0 radical (unpaired) electrons. The molecule has 3 aliphatic heterocycles. The van der Waals surface area contributed by atoms with Crippen molar-refractivity contribution in [3.63, 3.8) is 0 Å². The maximum Gasteiger partial charge on any atom is 0.127 e. The summed E-state index contributed by atoms with van der Waals surface area (Å²) in [6, 6.07) is 17.8. The van der Waals surface area contributed by atoms with E-state index in [-0.39, 0.29) is 0 Å². The number of ether oxygens (including phenoxy) is 2. The Morgan fingerprint density at radius 2 is 1.48 bits per heavy atom. The van der Waals surface area contributed by atoms with Crippen LogP contribution in [-0.2, 0) is 0 Å². The van der Waals surface area contributed by atoms with E-state index in [0.717, 1.165) is 29.8 Å². The minimum Gasteiger partial charge on any atom is -0.493 e. The minimum absolute atomic E-state index is 0.692. The molecule has 0 aromatic heterocycles. The van der Waals surface area contributed by atoms with Crippen molar-refractivity contribution in [3.8, 4) is 17.2 Å². The Hall–Kier alpha value is -2.00. The van der Waals surface area contributed by atoms with Crippen molar-refractivity contribution in [1.82, 2.24) is 4.90 Å². The first-order chi connectivity index (χ1) is 11.4. The van der Waals surface area contributed by atoms with Crippen molar-refractivity contribution in [3.05, 3.63) is 54.6 Å². The van der Waals surface area contributed by atoms with Gasteiger partial charge in [0, 0.05) is 12.5 Å². The van der Waals surface area contributed by atoms with Gasteiger partial charge in [0.1, 0.15) is 17.2 Å². The molecule has 3 heterocycles. The van der Waals surface area contributed by atoms with E-state index in [0.29, 0.717) is 5.92 Å². The van der Waals surface area contributed by atoms with Crippen LogP contribution in [0.15, 0.2) is 54.6 Å². The molecule has 0 N–H and O–H groups in total. The van der Waals surface area contributed by atoms with Crippen molar-refractivity contribution >= 4 is 0 Å². The Morgan fingerprint density at radius 3 is 2.13 bits per heavy atom. The maximum atomic E-state index is 6.02. The Balaban J connectivity index is 1.32. The van der Waals surface area contributed by atoms with Crippen LogP contribution >= 0.6 is 0 Å². The standard InChI is InChI=1S/C20H23NO2/c1-2-4-19(5-3-1)23-20-8-6-18(7-9-20)22-15-17-14-21-12-10-16(17)11-13-21/h1-9,16-17H,10-15H2. The third-order valence-corrected chi connectivity index (χ3v) is 5.06. The van der Waals surface area contributed by atoms with E-state index in [2.05, 4.69) is 4.90 Å². The van der Waals surface area contributed by atoms with Gasteiger partial charge in [-0.25, -0.2) is 0 Å². The number of fused-ring (bicyclic) bond motifs is 3. The number of benzene rings is 2. The topological polar surface area (TPSA) is 21.7 Å². The molecular formula is C20H23NO2. The van der Waals surface area contributed by atoms with Gasteiger partial charge in [0.15, 0.2) is 0 Å². The van der Waals surface area contributed by atoms with Crippen molar-refractivity contribution in [2.24, 2.45) is 11.8 Å². The van der Waals surface area contributed by atoms with Crippen LogP contribution in [0, 0.1) is 11.8 Å². The Kier molecular flexibility index (Phi) is 4.20. The van der Waals surface area contributed by atoms with Gasteiger partial charge in [0.05, 0.1) is 6.61 Å². The van der Waals surface area contributed by atoms with E-state index >= 15 is 0 Å². The van der Waals surface area contributed by atoms with E-state index in [1.807, 2.05) is 54.6 Å². The fraction of sp³-hybridized carbons (Fsp3) is 0.400. The maximum absolute atomic E-state index is 6.02. The Bertz CT molecular complexity index is 618. The molecule has 2 aromatic carbocycles. The van der Waals surface area contributed by atoms with E-state index in [1.165, 1.54) is 32.5 Å². The number of nitrogens with zero attached hydrogens (tertiary/aromatic N) is 1. The number of rotatable bonds is 5. The number of piperidine rings is 3. The third kappa shape index (κ3) is 3.50. The summed E-state index contributed by atoms with van der Waals surface area (Å²) in [7, 11) is 0. The van der Waals surface area contributed by atoms with Gasteiger partial charge in [0.25, 0.3) is 0 Å². The lowest BCUT2D eigenvalue weighted by Gasteiger charge is -2.44. The summed E-state index contributed by atoms with van der Waals surface area (Å²) >= 11 is 0. The lowest BCUT2D eigenvalue weighted by atomic mass is 9.79. The Labute approximate surface area is 137 Å². The molecule has 5 rings (SSSR count). The summed E-state index contributed by atoms with van der Waals surface area (Å²) in [6.07, 6.45) is 2.69. The van der Waals surface area contributed by atoms with Crippen LogP contribution in [-0.4, -0.2) is 31.1 Å².